The second-order valence-electron chi connectivity index (χ2n) is 6.72. The van der Waals surface area contributed by atoms with Crippen molar-refractivity contribution in [2.24, 2.45) is 0 Å². The van der Waals surface area contributed by atoms with Crippen molar-refractivity contribution in [3.63, 3.8) is 0 Å². The van der Waals surface area contributed by atoms with E-state index in [1.807, 2.05) is 6.92 Å². The molecule has 0 aliphatic rings. The lowest BCUT2D eigenvalue weighted by Gasteiger charge is -2.12. The predicted molar refractivity (Wildman–Crippen MR) is 132 cm³/mol. The smallest absolute Gasteiger partial charge is 0.261 e. The van der Waals surface area contributed by atoms with Crippen LogP contribution in [0.25, 0.3) is 0 Å². The quantitative estimate of drug-likeness (QED) is 0.414. The van der Waals surface area contributed by atoms with E-state index in [1.54, 1.807) is 67.8 Å². The van der Waals surface area contributed by atoms with Crippen LogP contribution in [0.15, 0.2) is 77.7 Å². The lowest BCUT2D eigenvalue weighted by molar-refractivity contribution is 0.0977. The number of carbonyl (C=O) groups is 1. The van der Waals surface area contributed by atoms with Gasteiger partial charge in [0, 0.05) is 16.9 Å². The van der Waals surface area contributed by atoms with E-state index < -0.39 is 10.0 Å². The summed E-state index contributed by atoms with van der Waals surface area (Å²) in [4.78, 5) is 12.4. The Morgan fingerprint density at radius 1 is 0.879 bits per heavy atom. The van der Waals surface area contributed by atoms with E-state index in [2.05, 4.69) is 15.4 Å². The molecule has 0 aliphatic heterocycles. The van der Waals surface area contributed by atoms with Crippen molar-refractivity contribution in [2.45, 2.75) is 11.8 Å². The molecule has 0 heterocycles. The van der Waals surface area contributed by atoms with Crippen molar-refractivity contribution in [2.75, 3.05) is 23.8 Å². The molecule has 0 radical (unpaired) electrons. The molecule has 0 bridgehead atoms. The van der Waals surface area contributed by atoms with Gasteiger partial charge in [0.15, 0.2) is 5.11 Å². The zero-order valence-electron chi connectivity index (χ0n) is 18.0. The van der Waals surface area contributed by atoms with Crippen LogP contribution in [0.2, 0.25) is 0 Å². The highest BCUT2D eigenvalue weighted by Gasteiger charge is 2.15. The van der Waals surface area contributed by atoms with Crippen LogP contribution in [0.4, 0.5) is 11.4 Å². The molecule has 0 unspecified atom stereocenters. The van der Waals surface area contributed by atoms with Crippen LogP contribution >= 0.6 is 12.2 Å². The van der Waals surface area contributed by atoms with Crippen molar-refractivity contribution in [3.8, 4) is 11.5 Å². The Labute approximate surface area is 198 Å². The van der Waals surface area contributed by atoms with Gasteiger partial charge in [-0.1, -0.05) is 0 Å². The summed E-state index contributed by atoms with van der Waals surface area (Å²) in [5.74, 6) is 0.916. The summed E-state index contributed by atoms with van der Waals surface area (Å²) < 4.78 is 38.2. The Hall–Kier alpha value is -3.63. The van der Waals surface area contributed by atoms with E-state index in [1.165, 1.54) is 12.1 Å². The van der Waals surface area contributed by atoms with Crippen molar-refractivity contribution < 1.29 is 22.7 Å². The molecule has 0 saturated heterocycles. The van der Waals surface area contributed by atoms with Crippen LogP contribution in [0.5, 0.6) is 11.5 Å². The maximum absolute atomic E-state index is 12.6. The van der Waals surface area contributed by atoms with Crippen molar-refractivity contribution in [1.29, 1.82) is 0 Å². The molecule has 0 fully saturated rings. The van der Waals surface area contributed by atoms with Crippen molar-refractivity contribution in [3.05, 3.63) is 78.4 Å². The van der Waals surface area contributed by atoms with Gasteiger partial charge >= 0.3 is 0 Å². The van der Waals surface area contributed by atoms with Crippen LogP contribution in [0.1, 0.15) is 17.3 Å². The van der Waals surface area contributed by atoms with Crippen LogP contribution in [0, 0.1) is 0 Å². The van der Waals surface area contributed by atoms with E-state index in [4.69, 9.17) is 21.7 Å². The number of thiocarbonyl (C=S) groups is 1. The van der Waals surface area contributed by atoms with Crippen molar-refractivity contribution >= 4 is 44.6 Å². The number of amides is 1. The molecule has 0 aromatic heterocycles. The summed E-state index contributed by atoms with van der Waals surface area (Å²) in [6.45, 7) is 2.40. The van der Waals surface area contributed by atoms with Crippen LogP contribution in [-0.4, -0.2) is 33.2 Å². The van der Waals surface area contributed by atoms with Gasteiger partial charge in [0.2, 0.25) is 0 Å². The van der Waals surface area contributed by atoms with Gasteiger partial charge in [0.05, 0.1) is 18.6 Å². The molecule has 0 aliphatic carbocycles. The molecular formula is C23H23N3O5S2. The van der Waals surface area contributed by atoms with Crippen LogP contribution < -0.4 is 24.8 Å². The minimum atomic E-state index is -3.78. The highest BCUT2D eigenvalue weighted by molar-refractivity contribution is 7.92. The Morgan fingerprint density at radius 3 is 2.03 bits per heavy atom. The number of hydrogen-bond acceptors (Lipinski definition) is 6. The van der Waals surface area contributed by atoms with Gasteiger partial charge in [-0.15, -0.1) is 0 Å². The van der Waals surface area contributed by atoms with Gasteiger partial charge in [0.25, 0.3) is 15.9 Å². The van der Waals surface area contributed by atoms with Gasteiger partial charge in [-0.05, 0) is 91.9 Å². The zero-order valence-corrected chi connectivity index (χ0v) is 19.6. The highest BCUT2D eigenvalue weighted by atomic mass is 32.2. The number of hydrogen-bond donors (Lipinski definition) is 3. The first-order chi connectivity index (χ1) is 15.8. The third kappa shape index (κ3) is 6.67. The highest BCUT2D eigenvalue weighted by Crippen LogP contribution is 2.21. The average Bonchev–Trinajstić information content (AvgIpc) is 2.80. The normalized spacial score (nSPS) is 10.7. The largest absolute Gasteiger partial charge is 0.497 e. The van der Waals surface area contributed by atoms with E-state index in [0.717, 1.165) is 0 Å². The number of ether oxygens (including phenoxy) is 2. The van der Waals surface area contributed by atoms with Gasteiger partial charge in [-0.2, -0.15) is 0 Å². The fourth-order valence-corrected chi connectivity index (χ4v) is 4.07. The third-order valence-electron chi connectivity index (χ3n) is 4.42. The molecule has 10 heteroatoms. The number of rotatable bonds is 8. The molecule has 0 spiro atoms. The molecular weight excluding hydrogens is 462 g/mol. The third-order valence-corrected chi connectivity index (χ3v) is 6.02. The topological polar surface area (TPSA) is 106 Å². The Balaban J connectivity index is 1.59. The van der Waals surface area contributed by atoms with E-state index in [0.29, 0.717) is 35.0 Å². The number of sulfonamides is 1. The number of anilines is 2. The molecule has 3 aromatic carbocycles. The molecule has 3 aromatic rings. The molecule has 33 heavy (non-hydrogen) atoms. The summed E-state index contributed by atoms with van der Waals surface area (Å²) in [5.41, 5.74) is 1.36. The number of benzene rings is 3. The minimum absolute atomic E-state index is 0.0788. The molecule has 0 atom stereocenters. The maximum Gasteiger partial charge on any atom is 0.261 e. The number of methoxy groups -OCH3 is 1. The van der Waals surface area contributed by atoms with E-state index in [-0.39, 0.29) is 15.9 Å². The molecule has 1 amide bonds. The first-order valence-electron chi connectivity index (χ1n) is 9.93. The van der Waals surface area contributed by atoms with Gasteiger partial charge < -0.3 is 14.8 Å². The minimum Gasteiger partial charge on any atom is -0.497 e. The molecule has 172 valence electrons. The first kappa shape index (κ1) is 24.0. The second-order valence-corrected chi connectivity index (χ2v) is 8.81. The van der Waals surface area contributed by atoms with Crippen LogP contribution in [-0.2, 0) is 10.0 Å². The van der Waals surface area contributed by atoms with E-state index in [9.17, 15) is 13.2 Å². The molecule has 0 saturated carbocycles. The van der Waals surface area contributed by atoms with E-state index >= 15 is 0 Å². The van der Waals surface area contributed by atoms with Crippen LogP contribution in [0.3, 0.4) is 0 Å². The molecule has 3 rings (SSSR count). The Bertz CT molecular complexity index is 1210. The monoisotopic (exact) mass is 485 g/mol. The lowest BCUT2D eigenvalue weighted by atomic mass is 10.2. The Kier molecular flexibility index (Phi) is 7.86. The van der Waals surface area contributed by atoms with Crippen molar-refractivity contribution in [1.82, 2.24) is 5.32 Å². The summed E-state index contributed by atoms with van der Waals surface area (Å²) in [7, 11) is -2.23. The average molecular weight is 486 g/mol. The summed E-state index contributed by atoms with van der Waals surface area (Å²) >= 11 is 5.17. The summed E-state index contributed by atoms with van der Waals surface area (Å²) in [6, 6.07) is 19.2. The van der Waals surface area contributed by atoms with Gasteiger partial charge in [-0.25, -0.2) is 8.42 Å². The molecule has 3 N–H and O–H groups in total. The summed E-state index contributed by atoms with van der Waals surface area (Å²) in [5, 5.41) is 5.51. The first-order valence-corrected chi connectivity index (χ1v) is 11.8. The molecule has 8 nitrogen and oxygen atoms in total. The SMILES string of the molecule is CCOc1ccc(NS(=O)(=O)c2ccc(NC(=S)NC(=O)c3ccc(OC)cc3)cc2)cc1. The number of nitrogens with one attached hydrogen (secondary N) is 3. The maximum atomic E-state index is 12.6. The fraction of sp³-hybridized carbons (Fsp3) is 0.130. The predicted octanol–water partition coefficient (Wildman–Crippen LogP) is 4.02. The Morgan fingerprint density at radius 2 is 1.45 bits per heavy atom. The second kappa shape index (κ2) is 10.8. The standard InChI is InChI=1S/C23H23N3O5S2/c1-3-31-20-12-6-18(7-13-20)26-33(28,29)21-14-8-17(9-15-21)24-23(32)25-22(27)16-4-10-19(30-2)11-5-16/h4-15,26H,3H2,1-2H3,(H2,24,25,27,32). The van der Waals surface area contributed by atoms with Gasteiger partial charge in [0.1, 0.15) is 11.5 Å². The van der Waals surface area contributed by atoms with Gasteiger partial charge in [-0.3, -0.25) is 14.8 Å². The number of carbonyl (C=O) groups excluding carboxylic acids is 1. The fourth-order valence-electron chi connectivity index (χ4n) is 2.80. The zero-order chi connectivity index (χ0) is 23.8. The lowest BCUT2D eigenvalue weighted by Crippen LogP contribution is -2.34. The summed E-state index contributed by atoms with van der Waals surface area (Å²) in [6.07, 6.45) is 0.